The van der Waals surface area contributed by atoms with Crippen LogP contribution in [-0.4, -0.2) is 37.9 Å². The Morgan fingerprint density at radius 3 is 1.16 bits per heavy atom. The second-order valence-corrected chi connectivity index (χ2v) is 18.1. The minimum atomic E-state index is -0.545. The number of carbonyl (C=O) groups is 2. The SMILES string of the molecule is CCC/C=C\C/C=C\CCCCCCCCOCC(COC(=O)CCCCCCCCCCC/C=C\CCCCCCCC)OC(=O)CCCCCCC/C=C\CCCCCC. The highest BCUT2D eigenvalue weighted by molar-refractivity contribution is 5.70. The van der Waals surface area contributed by atoms with Gasteiger partial charge in [-0.3, -0.25) is 9.59 Å². The Balaban J connectivity index is 4.23. The lowest BCUT2D eigenvalue weighted by Crippen LogP contribution is -2.30. The van der Waals surface area contributed by atoms with Crippen molar-refractivity contribution in [3.63, 3.8) is 0 Å². The van der Waals surface area contributed by atoms with Gasteiger partial charge in [0.1, 0.15) is 6.61 Å². The van der Waals surface area contributed by atoms with Crippen LogP contribution in [-0.2, 0) is 23.8 Å². The van der Waals surface area contributed by atoms with E-state index in [1.54, 1.807) is 0 Å². The van der Waals surface area contributed by atoms with Crippen LogP contribution < -0.4 is 0 Å². The van der Waals surface area contributed by atoms with E-state index in [0.29, 0.717) is 19.4 Å². The molecule has 0 aliphatic heterocycles. The van der Waals surface area contributed by atoms with Crippen LogP contribution in [0, 0.1) is 0 Å². The fourth-order valence-electron chi connectivity index (χ4n) is 7.71. The van der Waals surface area contributed by atoms with Gasteiger partial charge in [0.05, 0.1) is 6.61 Å². The first-order valence-electron chi connectivity index (χ1n) is 27.2. The van der Waals surface area contributed by atoms with Crippen molar-refractivity contribution in [3.05, 3.63) is 48.6 Å². The zero-order chi connectivity index (χ0) is 44.9. The third-order valence-corrected chi connectivity index (χ3v) is 11.8. The number of rotatable bonds is 50. The first-order valence-corrected chi connectivity index (χ1v) is 27.2. The van der Waals surface area contributed by atoms with E-state index in [2.05, 4.69) is 69.4 Å². The Morgan fingerprint density at radius 1 is 0.355 bits per heavy atom. The largest absolute Gasteiger partial charge is 0.462 e. The second-order valence-electron chi connectivity index (χ2n) is 18.1. The van der Waals surface area contributed by atoms with Crippen molar-refractivity contribution in [2.75, 3.05) is 19.8 Å². The van der Waals surface area contributed by atoms with Gasteiger partial charge in [-0.25, -0.2) is 0 Å². The highest BCUT2D eigenvalue weighted by Crippen LogP contribution is 2.15. The molecule has 0 fully saturated rings. The standard InChI is InChI=1S/C57H104O5/c1-4-7-10-13-16-19-22-25-27-28-29-30-31-33-35-38-41-44-47-50-56(58)61-54-55(53-60-52-49-46-43-40-37-34-26-23-20-17-14-11-8-5-2)62-57(59)51-48-45-42-39-36-32-24-21-18-15-12-9-6-3/h11,14,20-21,23-25,27,55H,4-10,12-13,15-19,22,26,28-54H2,1-3H3/b14-11-,23-20-,24-21-,27-25-. The monoisotopic (exact) mass is 869 g/mol. The summed E-state index contributed by atoms with van der Waals surface area (Å²) in [6.07, 6.45) is 65.5. The molecule has 0 rings (SSSR count). The molecule has 1 atom stereocenters. The van der Waals surface area contributed by atoms with Gasteiger partial charge in [-0.05, 0) is 96.3 Å². The molecule has 0 aliphatic rings. The molecule has 0 aromatic rings. The van der Waals surface area contributed by atoms with Crippen LogP contribution in [0.1, 0.15) is 278 Å². The fourth-order valence-corrected chi connectivity index (χ4v) is 7.71. The topological polar surface area (TPSA) is 61.8 Å². The molecule has 0 N–H and O–H groups in total. The van der Waals surface area contributed by atoms with Gasteiger partial charge in [0.25, 0.3) is 0 Å². The maximum absolute atomic E-state index is 12.8. The summed E-state index contributed by atoms with van der Waals surface area (Å²) in [7, 11) is 0. The molecule has 0 amide bonds. The predicted octanol–water partition coefficient (Wildman–Crippen LogP) is 18.3. The first kappa shape index (κ1) is 59.9. The lowest BCUT2D eigenvalue weighted by atomic mass is 10.1. The van der Waals surface area contributed by atoms with Crippen LogP contribution in [0.5, 0.6) is 0 Å². The molecule has 1 unspecified atom stereocenters. The molecule has 0 aromatic heterocycles. The summed E-state index contributed by atoms with van der Waals surface area (Å²) < 4.78 is 17.4. The van der Waals surface area contributed by atoms with Gasteiger partial charge in [0, 0.05) is 19.4 Å². The van der Waals surface area contributed by atoms with Gasteiger partial charge in [-0.15, -0.1) is 0 Å². The normalized spacial score (nSPS) is 12.5. The first-order chi connectivity index (χ1) is 30.6. The van der Waals surface area contributed by atoms with Gasteiger partial charge in [0.2, 0.25) is 0 Å². The summed E-state index contributed by atoms with van der Waals surface area (Å²) in [6, 6.07) is 0. The zero-order valence-electron chi connectivity index (χ0n) is 41.6. The molecule has 0 bridgehead atoms. The average Bonchev–Trinajstić information content (AvgIpc) is 3.27. The summed E-state index contributed by atoms with van der Waals surface area (Å²) in [6.45, 7) is 7.75. The third-order valence-electron chi connectivity index (χ3n) is 11.8. The van der Waals surface area contributed by atoms with Crippen LogP contribution in [0.3, 0.4) is 0 Å². The molecule has 362 valence electrons. The van der Waals surface area contributed by atoms with E-state index in [0.717, 1.165) is 57.8 Å². The minimum absolute atomic E-state index is 0.0785. The summed E-state index contributed by atoms with van der Waals surface area (Å²) in [5, 5.41) is 0. The third kappa shape index (κ3) is 50.5. The van der Waals surface area contributed by atoms with Crippen LogP contribution in [0.4, 0.5) is 0 Å². The van der Waals surface area contributed by atoms with Crippen molar-refractivity contribution in [3.8, 4) is 0 Å². The number of allylic oxidation sites excluding steroid dienone is 8. The average molecular weight is 869 g/mol. The molecular formula is C57H104O5. The Labute approximate surface area is 386 Å². The van der Waals surface area contributed by atoms with Crippen molar-refractivity contribution >= 4 is 11.9 Å². The van der Waals surface area contributed by atoms with E-state index in [-0.39, 0.29) is 25.2 Å². The van der Waals surface area contributed by atoms with Gasteiger partial charge in [0.15, 0.2) is 6.10 Å². The number of hydrogen-bond acceptors (Lipinski definition) is 5. The molecule has 62 heavy (non-hydrogen) atoms. The van der Waals surface area contributed by atoms with E-state index in [1.165, 1.54) is 186 Å². The van der Waals surface area contributed by atoms with Crippen molar-refractivity contribution < 1.29 is 23.8 Å². The van der Waals surface area contributed by atoms with Gasteiger partial charge < -0.3 is 14.2 Å². The molecule has 0 saturated heterocycles. The van der Waals surface area contributed by atoms with Gasteiger partial charge in [-0.1, -0.05) is 217 Å². The highest BCUT2D eigenvalue weighted by Gasteiger charge is 2.17. The molecule has 0 aromatic carbocycles. The predicted molar refractivity (Wildman–Crippen MR) is 270 cm³/mol. The maximum atomic E-state index is 12.8. The molecule has 0 radical (unpaired) electrons. The zero-order valence-corrected chi connectivity index (χ0v) is 41.6. The summed E-state index contributed by atoms with van der Waals surface area (Å²) in [5.74, 6) is -0.406. The van der Waals surface area contributed by atoms with Crippen molar-refractivity contribution in [2.24, 2.45) is 0 Å². The van der Waals surface area contributed by atoms with Crippen LogP contribution in [0.25, 0.3) is 0 Å². The second kappa shape index (κ2) is 53.2. The number of unbranched alkanes of at least 4 members (excludes halogenated alkanes) is 31. The molecule has 0 saturated carbocycles. The molecule has 0 spiro atoms. The summed E-state index contributed by atoms with van der Waals surface area (Å²) in [4.78, 5) is 25.4. The molecular weight excluding hydrogens is 765 g/mol. The smallest absolute Gasteiger partial charge is 0.306 e. The lowest BCUT2D eigenvalue weighted by molar-refractivity contribution is -0.163. The summed E-state index contributed by atoms with van der Waals surface area (Å²) in [5.41, 5.74) is 0. The van der Waals surface area contributed by atoms with Crippen LogP contribution in [0.2, 0.25) is 0 Å². The number of carbonyl (C=O) groups excluding carboxylic acids is 2. The van der Waals surface area contributed by atoms with E-state index < -0.39 is 6.10 Å². The Hall–Kier alpha value is -2.14. The van der Waals surface area contributed by atoms with Crippen molar-refractivity contribution in [1.82, 2.24) is 0 Å². The van der Waals surface area contributed by atoms with E-state index in [1.807, 2.05) is 0 Å². The van der Waals surface area contributed by atoms with E-state index in [9.17, 15) is 9.59 Å². The maximum Gasteiger partial charge on any atom is 0.306 e. The molecule has 0 heterocycles. The Bertz CT molecular complexity index is 1030. The Kier molecular flexibility index (Phi) is 51.4. The highest BCUT2D eigenvalue weighted by atomic mass is 16.6. The van der Waals surface area contributed by atoms with Gasteiger partial charge >= 0.3 is 11.9 Å². The number of ether oxygens (including phenoxy) is 3. The quantitative estimate of drug-likeness (QED) is 0.0346. The fraction of sp³-hybridized carbons (Fsp3) is 0.825. The molecule has 0 aliphatic carbocycles. The van der Waals surface area contributed by atoms with E-state index >= 15 is 0 Å². The van der Waals surface area contributed by atoms with Crippen LogP contribution in [0.15, 0.2) is 48.6 Å². The molecule has 5 nitrogen and oxygen atoms in total. The van der Waals surface area contributed by atoms with Crippen molar-refractivity contribution in [1.29, 1.82) is 0 Å². The minimum Gasteiger partial charge on any atom is -0.462 e. The van der Waals surface area contributed by atoms with E-state index in [4.69, 9.17) is 14.2 Å². The molecule has 5 heteroatoms. The number of esters is 2. The Morgan fingerprint density at radius 2 is 0.710 bits per heavy atom. The van der Waals surface area contributed by atoms with Crippen LogP contribution >= 0.6 is 0 Å². The van der Waals surface area contributed by atoms with Gasteiger partial charge in [-0.2, -0.15) is 0 Å². The number of hydrogen-bond donors (Lipinski definition) is 0. The summed E-state index contributed by atoms with van der Waals surface area (Å²) >= 11 is 0. The lowest BCUT2D eigenvalue weighted by Gasteiger charge is -2.18. The van der Waals surface area contributed by atoms with Crippen molar-refractivity contribution in [2.45, 2.75) is 284 Å².